The van der Waals surface area contributed by atoms with Crippen LogP contribution in [0.2, 0.25) is 0 Å². The van der Waals surface area contributed by atoms with Gasteiger partial charge in [-0.3, -0.25) is 4.79 Å². The van der Waals surface area contributed by atoms with Crippen molar-refractivity contribution in [3.8, 4) is 6.07 Å². The lowest BCUT2D eigenvalue weighted by Crippen LogP contribution is -2.16. The summed E-state index contributed by atoms with van der Waals surface area (Å²) in [4.78, 5) is 28.7. The number of carbonyl (C=O) groups excluding carboxylic acids is 2. The van der Waals surface area contributed by atoms with Crippen molar-refractivity contribution in [1.82, 2.24) is 14.6 Å². The number of esters is 1. The molecule has 0 bridgehead atoms. The molecule has 1 N–H and O–H groups in total. The number of hydrogen-bond acceptors (Lipinski definition) is 6. The fraction of sp³-hybridized carbons (Fsp3) is 0.250. The molecule has 0 spiro atoms. The highest BCUT2D eigenvalue weighted by atomic mass is 16.5. The van der Waals surface area contributed by atoms with Gasteiger partial charge in [-0.25, -0.2) is 14.3 Å². The van der Waals surface area contributed by atoms with Gasteiger partial charge >= 0.3 is 5.97 Å². The number of aromatic nitrogens is 3. The highest BCUT2D eigenvalue weighted by Crippen LogP contribution is 2.20. The summed E-state index contributed by atoms with van der Waals surface area (Å²) < 4.78 is 6.36. The van der Waals surface area contributed by atoms with E-state index in [0.717, 1.165) is 17.0 Å². The third-order valence-corrected chi connectivity index (χ3v) is 4.54. The van der Waals surface area contributed by atoms with Crippen LogP contribution in [0.3, 0.4) is 0 Å². The van der Waals surface area contributed by atoms with Gasteiger partial charge < -0.3 is 10.1 Å². The quantitative estimate of drug-likeness (QED) is 0.685. The summed E-state index contributed by atoms with van der Waals surface area (Å²) in [6.45, 7) is 3.73. The van der Waals surface area contributed by atoms with E-state index in [1.807, 2.05) is 13.8 Å². The van der Waals surface area contributed by atoms with Crippen LogP contribution in [0.4, 0.5) is 5.69 Å². The molecule has 8 heteroatoms. The highest BCUT2D eigenvalue weighted by molar-refractivity contribution is 6.01. The molecular formula is C20H19N5O3. The minimum atomic E-state index is -0.510. The summed E-state index contributed by atoms with van der Waals surface area (Å²) in [5, 5.41) is 16.1. The van der Waals surface area contributed by atoms with Crippen LogP contribution in [-0.2, 0) is 16.0 Å². The molecule has 142 valence electrons. The first-order valence-electron chi connectivity index (χ1n) is 8.67. The Hall–Kier alpha value is -3.73. The standard InChI is InChI=1S/C20H19N5O3/c1-12-15(13(2)25-19(23-12)14(10-21)11-22-25)8-9-18(26)24-17-7-5-4-6-16(17)20(27)28-3/h4-7,11H,8-9H2,1-3H3,(H,24,26). The van der Waals surface area contributed by atoms with Gasteiger partial charge in [0.05, 0.1) is 24.6 Å². The van der Waals surface area contributed by atoms with Crippen LogP contribution >= 0.6 is 0 Å². The third-order valence-electron chi connectivity index (χ3n) is 4.54. The van der Waals surface area contributed by atoms with E-state index in [4.69, 9.17) is 10.00 Å². The second kappa shape index (κ2) is 7.88. The number of benzene rings is 1. The van der Waals surface area contributed by atoms with Gasteiger partial charge in [-0.2, -0.15) is 10.4 Å². The monoisotopic (exact) mass is 377 g/mol. The lowest BCUT2D eigenvalue weighted by Gasteiger charge is -2.12. The Balaban J connectivity index is 1.77. The normalized spacial score (nSPS) is 10.5. The number of fused-ring (bicyclic) bond motifs is 1. The van der Waals surface area contributed by atoms with E-state index in [1.165, 1.54) is 13.3 Å². The molecule has 0 aliphatic carbocycles. The van der Waals surface area contributed by atoms with Gasteiger partial charge in [-0.1, -0.05) is 12.1 Å². The summed E-state index contributed by atoms with van der Waals surface area (Å²) in [5.41, 5.74) is 4.13. The predicted molar refractivity (Wildman–Crippen MR) is 102 cm³/mol. The lowest BCUT2D eigenvalue weighted by atomic mass is 10.1. The lowest BCUT2D eigenvalue weighted by molar-refractivity contribution is -0.116. The van der Waals surface area contributed by atoms with Crippen molar-refractivity contribution in [2.75, 3.05) is 12.4 Å². The molecule has 2 aromatic heterocycles. The number of amides is 1. The van der Waals surface area contributed by atoms with Crippen molar-refractivity contribution in [1.29, 1.82) is 5.26 Å². The molecule has 1 amide bonds. The first-order valence-corrected chi connectivity index (χ1v) is 8.67. The first kappa shape index (κ1) is 19.0. The number of rotatable bonds is 5. The number of anilines is 1. The van der Waals surface area contributed by atoms with Crippen molar-refractivity contribution in [2.45, 2.75) is 26.7 Å². The molecule has 8 nitrogen and oxygen atoms in total. The van der Waals surface area contributed by atoms with Gasteiger partial charge in [-0.15, -0.1) is 0 Å². The molecule has 2 heterocycles. The summed E-state index contributed by atoms with van der Waals surface area (Å²) in [7, 11) is 1.29. The largest absolute Gasteiger partial charge is 0.465 e. The molecule has 0 aliphatic heterocycles. The number of nitrogens with one attached hydrogen (secondary N) is 1. The summed E-state index contributed by atoms with van der Waals surface area (Å²) >= 11 is 0. The average Bonchev–Trinajstić information content (AvgIpc) is 3.10. The van der Waals surface area contributed by atoms with E-state index in [0.29, 0.717) is 28.9 Å². The maximum absolute atomic E-state index is 12.4. The van der Waals surface area contributed by atoms with Crippen LogP contribution in [0.15, 0.2) is 30.5 Å². The number of ether oxygens (including phenoxy) is 1. The van der Waals surface area contributed by atoms with Crippen molar-refractivity contribution in [3.05, 3.63) is 58.5 Å². The third kappa shape index (κ3) is 3.55. The van der Waals surface area contributed by atoms with E-state index in [-0.39, 0.29) is 12.3 Å². The second-order valence-corrected chi connectivity index (χ2v) is 6.25. The van der Waals surface area contributed by atoms with E-state index < -0.39 is 5.97 Å². The van der Waals surface area contributed by atoms with E-state index in [9.17, 15) is 9.59 Å². The van der Waals surface area contributed by atoms with E-state index >= 15 is 0 Å². The second-order valence-electron chi connectivity index (χ2n) is 6.25. The summed E-state index contributed by atoms with van der Waals surface area (Å²) in [5.74, 6) is -0.738. The Bertz CT molecular complexity index is 1110. The number of nitrogens with zero attached hydrogens (tertiary/aromatic N) is 4. The van der Waals surface area contributed by atoms with Crippen LogP contribution in [0.1, 0.15) is 39.3 Å². The number of carbonyl (C=O) groups is 2. The molecule has 0 radical (unpaired) electrons. The number of hydrogen-bond donors (Lipinski definition) is 1. The Labute approximate surface area is 161 Å². The molecule has 0 aliphatic rings. The molecule has 0 fully saturated rings. The fourth-order valence-electron chi connectivity index (χ4n) is 3.08. The van der Waals surface area contributed by atoms with Crippen LogP contribution in [0.25, 0.3) is 5.65 Å². The van der Waals surface area contributed by atoms with Crippen molar-refractivity contribution >= 4 is 23.2 Å². The Morgan fingerprint density at radius 3 is 2.75 bits per heavy atom. The maximum atomic E-state index is 12.4. The zero-order valence-electron chi connectivity index (χ0n) is 15.8. The molecule has 3 aromatic rings. The fourth-order valence-corrected chi connectivity index (χ4v) is 3.08. The number of nitriles is 1. The SMILES string of the molecule is COC(=O)c1ccccc1NC(=O)CCc1c(C)nc2c(C#N)cnn2c1C. The molecule has 1 aromatic carbocycles. The summed E-state index contributed by atoms with van der Waals surface area (Å²) in [6, 6.07) is 8.76. The van der Waals surface area contributed by atoms with Gasteiger partial charge in [0.15, 0.2) is 5.65 Å². The van der Waals surface area contributed by atoms with Crippen LogP contribution in [-0.4, -0.2) is 33.6 Å². The topological polar surface area (TPSA) is 109 Å². The molecule has 28 heavy (non-hydrogen) atoms. The number of methoxy groups -OCH3 is 1. The molecular weight excluding hydrogens is 358 g/mol. The molecule has 0 saturated heterocycles. The van der Waals surface area contributed by atoms with Crippen LogP contribution in [0, 0.1) is 25.2 Å². The zero-order chi connectivity index (χ0) is 20.3. The van der Waals surface area contributed by atoms with Gasteiger partial charge in [0.2, 0.25) is 5.91 Å². The van der Waals surface area contributed by atoms with E-state index in [2.05, 4.69) is 21.5 Å². The Morgan fingerprint density at radius 1 is 1.29 bits per heavy atom. The summed E-state index contributed by atoms with van der Waals surface area (Å²) in [6.07, 6.45) is 2.14. The van der Waals surface area contributed by atoms with Crippen molar-refractivity contribution < 1.29 is 14.3 Å². The predicted octanol–water partition coefficient (Wildman–Crippen LogP) is 2.58. The molecule has 0 unspecified atom stereocenters. The minimum Gasteiger partial charge on any atom is -0.465 e. The van der Waals surface area contributed by atoms with Crippen LogP contribution < -0.4 is 5.32 Å². The Kier molecular flexibility index (Phi) is 5.36. The van der Waals surface area contributed by atoms with Gasteiger partial charge in [-0.05, 0) is 38.0 Å². The maximum Gasteiger partial charge on any atom is 0.339 e. The number of aryl methyl sites for hydroxylation is 2. The van der Waals surface area contributed by atoms with E-state index in [1.54, 1.807) is 28.8 Å². The minimum absolute atomic E-state index is 0.205. The van der Waals surface area contributed by atoms with Gasteiger partial charge in [0.25, 0.3) is 0 Å². The van der Waals surface area contributed by atoms with Gasteiger partial charge in [0.1, 0.15) is 11.6 Å². The molecule has 0 saturated carbocycles. The molecule has 0 atom stereocenters. The average molecular weight is 377 g/mol. The first-order chi connectivity index (χ1) is 13.5. The Morgan fingerprint density at radius 2 is 2.04 bits per heavy atom. The molecule has 3 rings (SSSR count). The zero-order valence-corrected chi connectivity index (χ0v) is 15.8. The van der Waals surface area contributed by atoms with Gasteiger partial charge in [0, 0.05) is 17.8 Å². The van der Waals surface area contributed by atoms with Crippen molar-refractivity contribution in [2.24, 2.45) is 0 Å². The van der Waals surface area contributed by atoms with Crippen LogP contribution in [0.5, 0.6) is 0 Å². The smallest absolute Gasteiger partial charge is 0.339 e. The highest BCUT2D eigenvalue weighted by Gasteiger charge is 2.16. The van der Waals surface area contributed by atoms with Crippen molar-refractivity contribution in [3.63, 3.8) is 0 Å². The number of para-hydroxylation sites is 1.